The Morgan fingerprint density at radius 1 is 1.41 bits per heavy atom. The molecule has 1 aliphatic rings. The number of hydrogen-bond acceptors (Lipinski definition) is 3. The summed E-state index contributed by atoms with van der Waals surface area (Å²) in [5.74, 6) is -0.590. The molecular formula is C12H13N3O2. The third-order valence-electron chi connectivity index (χ3n) is 2.76. The molecule has 0 aliphatic carbocycles. The molecule has 0 aromatic heterocycles. The van der Waals surface area contributed by atoms with Gasteiger partial charge in [0, 0.05) is 5.69 Å². The number of aryl methyl sites for hydroxylation is 1. The molecule has 0 spiro atoms. The van der Waals surface area contributed by atoms with Crippen LogP contribution >= 0.6 is 0 Å². The first-order chi connectivity index (χ1) is 8.08. The van der Waals surface area contributed by atoms with E-state index in [2.05, 4.69) is 15.8 Å². The van der Waals surface area contributed by atoms with E-state index >= 15 is 0 Å². The van der Waals surface area contributed by atoms with Gasteiger partial charge in [-0.25, -0.2) is 5.43 Å². The van der Waals surface area contributed by atoms with Crippen LogP contribution in [-0.4, -0.2) is 17.5 Å². The Morgan fingerprint density at radius 3 is 2.82 bits per heavy atom. The minimum atomic E-state index is -0.336. The lowest BCUT2D eigenvalue weighted by Crippen LogP contribution is -2.22. The lowest BCUT2D eigenvalue weighted by Gasteiger charge is -2.09. The average Bonchev–Trinajstić information content (AvgIpc) is 2.72. The number of hydrazone groups is 1. The van der Waals surface area contributed by atoms with Crippen LogP contribution in [0.4, 0.5) is 5.69 Å². The van der Waals surface area contributed by atoms with E-state index in [1.54, 1.807) is 0 Å². The summed E-state index contributed by atoms with van der Waals surface area (Å²) >= 11 is 0. The molecule has 2 amide bonds. The number of nitrogens with zero attached hydrogens (tertiary/aromatic N) is 1. The summed E-state index contributed by atoms with van der Waals surface area (Å²) in [4.78, 5) is 22.7. The van der Waals surface area contributed by atoms with Crippen LogP contribution in [0.1, 0.15) is 17.5 Å². The number of benzene rings is 1. The number of carbonyl (C=O) groups excluding carboxylic acids is 2. The zero-order chi connectivity index (χ0) is 12.4. The Hall–Kier alpha value is -2.17. The van der Waals surface area contributed by atoms with Gasteiger partial charge in [0.15, 0.2) is 0 Å². The van der Waals surface area contributed by atoms with E-state index in [0.717, 1.165) is 16.8 Å². The van der Waals surface area contributed by atoms with Crippen molar-refractivity contribution in [1.29, 1.82) is 0 Å². The Labute approximate surface area is 98.9 Å². The second-order valence-corrected chi connectivity index (χ2v) is 3.97. The van der Waals surface area contributed by atoms with E-state index in [1.807, 2.05) is 32.0 Å². The van der Waals surface area contributed by atoms with Crippen LogP contribution in [0.2, 0.25) is 0 Å². The van der Waals surface area contributed by atoms with Gasteiger partial charge >= 0.3 is 0 Å². The van der Waals surface area contributed by atoms with Crippen molar-refractivity contribution in [3.8, 4) is 0 Å². The van der Waals surface area contributed by atoms with Crippen molar-refractivity contribution < 1.29 is 9.59 Å². The van der Waals surface area contributed by atoms with Gasteiger partial charge in [-0.3, -0.25) is 9.59 Å². The van der Waals surface area contributed by atoms with E-state index in [-0.39, 0.29) is 23.9 Å². The summed E-state index contributed by atoms with van der Waals surface area (Å²) in [5, 5.41) is 6.42. The largest absolute Gasteiger partial charge is 0.321 e. The van der Waals surface area contributed by atoms with Gasteiger partial charge in [0.2, 0.25) is 5.91 Å². The van der Waals surface area contributed by atoms with E-state index in [0.29, 0.717) is 0 Å². The minimum Gasteiger partial charge on any atom is -0.321 e. The number of nitrogens with one attached hydrogen (secondary N) is 2. The molecule has 88 valence electrons. The number of carbonyl (C=O) groups is 2. The minimum absolute atomic E-state index is 0.0384. The molecule has 5 heteroatoms. The fourth-order valence-corrected chi connectivity index (χ4v) is 1.57. The second kappa shape index (κ2) is 4.37. The molecule has 0 saturated heterocycles. The van der Waals surface area contributed by atoms with Gasteiger partial charge in [0.25, 0.3) is 5.91 Å². The number of hydrogen-bond donors (Lipinski definition) is 2. The summed E-state index contributed by atoms with van der Waals surface area (Å²) in [6.07, 6.45) is 0.0384. The first kappa shape index (κ1) is 11.3. The van der Waals surface area contributed by atoms with Crippen LogP contribution in [0.5, 0.6) is 0 Å². The molecule has 2 N–H and O–H groups in total. The fraction of sp³-hybridized carbons (Fsp3) is 0.250. The number of rotatable bonds is 2. The van der Waals surface area contributed by atoms with E-state index in [9.17, 15) is 9.59 Å². The van der Waals surface area contributed by atoms with Crippen LogP contribution < -0.4 is 10.7 Å². The Balaban J connectivity index is 2.14. The van der Waals surface area contributed by atoms with Gasteiger partial charge in [-0.1, -0.05) is 12.1 Å². The third kappa shape index (κ3) is 2.33. The van der Waals surface area contributed by atoms with Gasteiger partial charge < -0.3 is 5.32 Å². The maximum atomic E-state index is 11.8. The van der Waals surface area contributed by atoms with Crippen molar-refractivity contribution in [2.24, 2.45) is 5.10 Å². The topological polar surface area (TPSA) is 70.6 Å². The molecule has 0 atom stereocenters. The predicted molar refractivity (Wildman–Crippen MR) is 64.7 cm³/mol. The Bertz CT molecular complexity index is 520. The van der Waals surface area contributed by atoms with Gasteiger partial charge in [-0.15, -0.1) is 0 Å². The van der Waals surface area contributed by atoms with Crippen LogP contribution in [0.25, 0.3) is 0 Å². The Kier molecular flexibility index (Phi) is 2.91. The van der Waals surface area contributed by atoms with E-state index < -0.39 is 0 Å². The van der Waals surface area contributed by atoms with E-state index in [1.165, 1.54) is 0 Å². The third-order valence-corrected chi connectivity index (χ3v) is 2.76. The molecule has 0 unspecified atom stereocenters. The molecule has 1 heterocycles. The molecular weight excluding hydrogens is 218 g/mol. The maximum absolute atomic E-state index is 11.8. The van der Waals surface area contributed by atoms with Crippen molar-refractivity contribution in [2.75, 3.05) is 5.32 Å². The van der Waals surface area contributed by atoms with Crippen LogP contribution in [0, 0.1) is 13.8 Å². The molecule has 1 aromatic carbocycles. The van der Waals surface area contributed by atoms with Gasteiger partial charge in [0.05, 0.1) is 6.42 Å². The normalized spacial score (nSPS) is 14.2. The molecule has 0 radical (unpaired) electrons. The SMILES string of the molecule is Cc1cccc(NC(=O)C2=NNC(=O)C2)c1C. The van der Waals surface area contributed by atoms with Crippen molar-refractivity contribution in [1.82, 2.24) is 5.43 Å². The maximum Gasteiger partial charge on any atom is 0.272 e. The van der Waals surface area contributed by atoms with Gasteiger partial charge in [-0.2, -0.15) is 5.10 Å². The summed E-state index contributed by atoms with van der Waals surface area (Å²) in [7, 11) is 0. The highest BCUT2D eigenvalue weighted by atomic mass is 16.2. The summed E-state index contributed by atoms with van der Waals surface area (Å²) in [6.45, 7) is 3.91. The van der Waals surface area contributed by atoms with Crippen LogP contribution in [-0.2, 0) is 9.59 Å². The van der Waals surface area contributed by atoms with Crippen molar-refractivity contribution in [2.45, 2.75) is 20.3 Å². The highest BCUT2D eigenvalue weighted by Gasteiger charge is 2.21. The zero-order valence-electron chi connectivity index (χ0n) is 9.70. The summed E-state index contributed by atoms with van der Waals surface area (Å²) in [5.41, 5.74) is 5.33. The first-order valence-corrected chi connectivity index (χ1v) is 5.31. The molecule has 2 rings (SSSR count). The van der Waals surface area contributed by atoms with Crippen LogP contribution in [0.3, 0.4) is 0 Å². The van der Waals surface area contributed by atoms with Crippen molar-refractivity contribution in [3.63, 3.8) is 0 Å². The van der Waals surface area contributed by atoms with Crippen LogP contribution in [0.15, 0.2) is 23.3 Å². The average molecular weight is 231 g/mol. The van der Waals surface area contributed by atoms with Gasteiger partial charge in [0.1, 0.15) is 5.71 Å². The number of amides is 2. The summed E-state index contributed by atoms with van der Waals surface area (Å²) < 4.78 is 0. The monoisotopic (exact) mass is 231 g/mol. The highest BCUT2D eigenvalue weighted by molar-refractivity contribution is 6.46. The summed E-state index contributed by atoms with van der Waals surface area (Å²) in [6, 6.07) is 5.67. The zero-order valence-corrected chi connectivity index (χ0v) is 9.70. The van der Waals surface area contributed by atoms with Crippen molar-refractivity contribution in [3.05, 3.63) is 29.3 Å². The quantitative estimate of drug-likeness (QED) is 0.800. The van der Waals surface area contributed by atoms with Crippen molar-refractivity contribution >= 4 is 23.2 Å². The second-order valence-electron chi connectivity index (χ2n) is 3.97. The standard InChI is InChI=1S/C12H13N3O2/c1-7-4-3-5-9(8(7)2)13-12(17)10-6-11(16)15-14-10/h3-5H,6H2,1-2H3,(H,13,17)(H,15,16). The lowest BCUT2D eigenvalue weighted by molar-refractivity contribution is -0.119. The first-order valence-electron chi connectivity index (χ1n) is 5.31. The van der Waals surface area contributed by atoms with Gasteiger partial charge in [-0.05, 0) is 31.0 Å². The molecule has 17 heavy (non-hydrogen) atoms. The molecule has 5 nitrogen and oxygen atoms in total. The molecule has 1 aromatic rings. The molecule has 0 bridgehead atoms. The molecule has 0 saturated carbocycles. The molecule has 0 fully saturated rings. The predicted octanol–water partition coefficient (Wildman–Crippen LogP) is 1.12. The fourth-order valence-electron chi connectivity index (χ4n) is 1.57. The molecule has 1 aliphatic heterocycles. The number of anilines is 1. The van der Waals surface area contributed by atoms with E-state index in [4.69, 9.17) is 0 Å². The smallest absolute Gasteiger partial charge is 0.272 e. The Morgan fingerprint density at radius 2 is 2.18 bits per heavy atom. The lowest BCUT2D eigenvalue weighted by atomic mass is 10.1. The highest BCUT2D eigenvalue weighted by Crippen LogP contribution is 2.18.